The van der Waals surface area contributed by atoms with E-state index in [1.807, 2.05) is 25.2 Å². The van der Waals surface area contributed by atoms with E-state index in [4.69, 9.17) is 4.74 Å². The normalized spacial score (nSPS) is 23.8. The Hall–Kier alpha value is -1.62. The fourth-order valence-corrected chi connectivity index (χ4v) is 3.53. The molecule has 120 valence electrons. The van der Waals surface area contributed by atoms with Crippen LogP contribution in [0.1, 0.15) is 43.5 Å². The average Bonchev–Trinajstić information content (AvgIpc) is 3.15. The lowest BCUT2D eigenvalue weighted by Gasteiger charge is -2.33. The molecule has 0 N–H and O–H groups in total. The van der Waals surface area contributed by atoms with Gasteiger partial charge in [0.25, 0.3) is 0 Å². The largest absolute Gasteiger partial charge is 0.381 e. The van der Waals surface area contributed by atoms with Crippen LogP contribution in [-0.4, -0.2) is 40.1 Å². The summed E-state index contributed by atoms with van der Waals surface area (Å²) >= 11 is 0. The summed E-state index contributed by atoms with van der Waals surface area (Å²) in [7, 11) is 2.02. The summed E-state index contributed by atoms with van der Waals surface area (Å²) < 4.78 is 7.70. The van der Waals surface area contributed by atoms with Crippen molar-refractivity contribution >= 4 is 5.91 Å². The van der Waals surface area contributed by atoms with Crippen molar-refractivity contribution in [2.75, 3.05) is 19.8 Å². The number of ether oxygens (including phenoxy) is 1. The Morgan fingerprint density at radius 3 is 3.09 bits per heavy atom. The molecule has 0 saturated heterocycles. The third kappa shape index (κ3) is 3.09. The van der Waals surface area contributed by atoms with E-state index in [0.29, 0.717) is 32.1 Å². The van der Waals surface area contributed by atoms with Crippen LogP contribution in [0.3, 0.4) is 0 Å². The van der Waals surface area contributed by atoms with Crippen LogP contribution >= 0.6 is 0 Å². The Morgan fingerprint density at radius 2 is 2.36 bits per heavy atom. The number of nitrogens with zero attached hydrogens (tertiary/aromatic N) is 3. The Kier molecular flexibility index (Phi) is 4.62. The zero-order valence-electron chi connectivity index (χ0n) is 13.5. The monoisotopic (exact) mass is 303 g/mol. The molecule has 0 aromatic carbocycles. The van der Waals surface area contributed by atoms with Crippen molar-refractivity contribution in [3.63, 3.8) is 0 Å². The minimum atomic E-state index is 0.222. The van der Waals surface area contributed by atoms with Crippen molar-refractivity contribution in [2.45, 2.75) is 38.6 Å². The highest BCUT2D eigenvalue weighted by atomic mass is 16.5. The minimum absolute atomic E-state index is 0.222. The molecule has 2 heterocycles. The zero-order valence-corrected chi connectivity index (χ0v) is 13.5. The maximum Gasteiger partial charge on any atom is 0.223 e. The zero-order chi connectivity index (χ0) is 15.5. The third-order valence-electron chi connectivity index (χ3n) is 4.66. The number of carbonyl (C=O) groups excluding carboxylic acids is 1. The summed E-state index contributed by atoms with van der Waals surface area (Å²) in [6.07, 6.45) is 9.05. The van der Waals surface area contributed by atoms with Crippen molar-refractivity contribution in [1.29, 1.82) is 0 Å². The SMILES string of the molecule is CCOCC1CN(C(=O)CC2C=CCC2)Cc2ncn(C)c21. The number of hydrogen-bond donors (Lipinski definition) is 0. The topological polar surface area (TPSA) is 47.4 Å². The van der Waals surface area contributed by atoms with Crippen molar-refractivity contribution < 1.29 is 9.53 Å². The number of hydrogen-bond acceptors (Lipinski definition) is 3. The predicted octanol–water partition coefficient (Wildman–Crippen LogP) is 2.24. The number of rotatable bonds is 5. The molecule has 0 spiro atoms. The van der Waals surface area contributed by atoms with E-state index in [2.05, 4.69) is 21.7 Å². The maximum atomic E-state index is 12.6. The lowest BCUT2D eigenvalue weighted by atomic mass is 9.97. The molecule has 5 nitrogen and oxygen atoms in total. The van der Waals surface area contributed by atoms with Gasteiger partial charge in [-0.2, -0.15) is 0 Å². The van der Waals surface area contributed by atoms with Gasteiger partial charge in [-0.15, -0.1) is 0 Å². The van der Waals surface area contributed by atoms with E-state index < -0.39 is 0 Å². The molecule has 1 aromatic rings. The summed E-state index contributed by atoms with van der Waals surface area (Å²) in [5, 5.41) is 0. The van der Waals surface area contributed by atoms with E-state index in [-0.39, 0.29) is 11.8 Å². The second-order valence-electron chi connectivity index (χ2n) is 6.29. The molecular formula is C17H25N3O2. The second kappa shape index (κ2) is 6.65. The summed E-state index contributed by atoms with van der Waals surface area (Å²) in [5.74, 6) is 0.886. The van der Waals surface area contributed by atoms with Crippen LogP contribution in [0.25, 0.3) is 0 Å². The van der Waals surface area contributed by atoms with Gasteiger partial charge in [0.05, 0.1) is 25.2 Å². The second-order valence-corrected chi connectivity index (χ2v) is 6.29. The number of aromatic nitrogens is 2. The average molecular weight is 303 g/mol. The van der Waals surface area contributed by atoms with E-state index in [1.165, 1.54) is 5.69 Å². The molecule has 0 bridgehead atoms. The predicted molar refractivity (Wildman–Crippen MR) is 84.3 cm³/mol. The molecule has 1 amide bonds. The summed E-state index contributed by atoms with van der Waals surface area (Å²) in [5.41, 5.74) is 2.24. The van der Waals surface area contributed by atoms with Gasteiger partial charge in [0.2, 0.25) is 5.91 Å². The minimum Gasteiger partial charge on any atom is -0.381 e. The molecule has 2 aliphatic rings. The quantitative estimate of drug-likeness (QED) is 0.784. The van der Waals surface area contributed by atoms with Crippen molar-refractivity contribution in [1.82, 2.24) is 14.5 Å². The first kappa shape index (κ1) is 15.3. The van der Waals surface area contributed by atoms with Gasteiger partial charge in [-0.1, -0.05) is 12.2 Å². The third-order valence-corrected chi connectivity index (χ3v) is 4.66. The Bertz CT molecular complexity index is 564. The fourth-order valence-electron chi connectivity index (χ4n) is 3.53. The van der Waals surface area contributed by atoms with Gasteiger partial charge in [-0.05, 0) is 25.7 Å². The Balaban J connectivity index is 1.71. The first-order valence-corrected chi connectivity index (χ1v) is 8.21. The van der Waals surface area contributed by atoms with E-state index in [1.54, 1.807) is 0 Å². The lowest BCUT2D eigenvalue weighted by Crippen LogP contribution is -2.40. The fraction of sp³-hybridized carbons (Fsp3) is 0.647. The van der Waals surface area contributed by atoms with Crippen molar-refractivity contribution in [3.05, 3.63) is 29.9 Å². The van der Waals surface area contributed by atoms with Gasteiger partial charge in [-0.25, -0.2) is 4.98 Å². The summed E-state index contributed by atoms with van der Waals surface area (Å²) in [4.78, 5) is 19.0. The highest BCUT2D eigenvalue weighted by molar-refractivity contribution is 5.77. The molecule has 1 aliphatic heterocycles. The van der Waals surface area contributed by atoms with Crippen molar-refractivity contribution in [3.8, 4) is 0 Å². The highest BCUT2D eigenvalue weighted by Crippen LogP contribution is 2.29. The molecular weight excluding hydrogens is 278 g/mol. The van der Waals surface area contributed by atoms with Crippen LogP contribution in [0.15, 0.2) is 18.5 Å². The first-order valence-electron chi connectivity index (χ1n) is 8.21. The molecule has 5 heteroatoms. The van der Waals surface area contributed by atoms with Crippen molar-refractivity contribution in [2.24, 2.45) is 13.0 Å². The Labute approximate surface area is 132 Å². The molecule has 1 aliphatic carbocycles. The van der Waals surface area contributed by atoms with Gasteiger partial charge in [0.15, 0.2) is 0 Å². The van der Waals surface area contributed by atoms with Gasteiger partial charge in [0, 0.05) is 38.2 Å². The maximum absolute atomic E-state index is 12.6. The molecule has 3 rings (SSSR count). The molecule has 2 unspecified atom stereocenters. The molecule has 0 fully saturated rings. The highest BCUT2D eigenvalue weighted by Gasteiger charge is 2.32. The molecule has 22 heavy (non-hydrogen) atoms. The number of allylic oxidation sites excluding steroid dienone is 2. The van der Waals surface area contributed by atoms with Gasteiger partial charge in [-0.3, -0.25) is 4.79 Å². The smallest absolute Gasteiger partial charge is 0.223 e. The van der Waals surface area contributed by atoms with Gasteiger partial charge < -0.3 is 14.2 Å². The van der Waals surface area contributed by atoms with E-state index >= 15 is 0 Å². The summed E-state index contributed by atoms with van der Waals surface area (Å²) in [6.45, 7) is 4.72. The first-order chi connectivity index (χ1) is 10.7. The number of amides is 1. The molecule has 1 aromatic heterocycles. The van der Waals surface area contributed by atoms with Crippen LogP contribution in [-0.2, 0) is 23.1 Å². The number of imidazole rings is 1. The van der Waals surface area contributed by atoms with E-state index in [9.17, 15) is 4.79 Å². The van der Waals surface area contributed by atoms with Crippen LogP contribution in [0.5, 0.6) is 0 Å². The van der Waals surface area contributed by atoms with Gasteiger partial charge >= 0.3 is 0 Å². The number of fused-ring (bicyclic) bond motifs is 1. The van der Waals surface area contributed by atoms with Crippen LogP contribution in [0.2, 0.25) is 0 Å². The molecule has 0 radical (unpaired) electrons. The summed E-state index contributed by atoms with van der Waals surface area (Å²) in [6, 6.07) is 0. The lowest BCUT2D eigenvalue weighted by molar-refractivity contribution is -0.133. The van der Waals surface area contributed by atoms with Crippen LogP contribution in [0.4, 0.5) is 0 Å². The number of carbonyl (C=O) groups is 1. The van der Waals surface area contributed by atoms with Crippen LogP contribution in [0, 0.1) is 5.92 Å². The number of aryl methyl sites for hydroxylation is 1. The van der Waals surface area contributed by atoms with Crippen LogP contribution < -0.4 is 0 Å². The standard InChI is InChI=1S/C17H25N3O2/c1-3-22-11-14-9-20(10-15-17(14)19(2)12-18-15)16(21)8-13-6-4-5-7-13/h4,6,12-14H,3,5,7-11H2,1-2H3. The van der Waals surface area contributed by atoms with E-state index in [0.717, 1.165) is 25.1 Å². The Morgan fingerprint density at radius 1 is 1.50 bits per heavy atom. The molecule has 0 saturated carbocycles. The molecule has 2 atom stereocenters. The van der Waals surface area contributed by atoms with Gasteiger partial charge in [0.1, 0.15) is 0 Å².